The van der Waals surface area contributed by atoms with E-state index in [4.69, 9.17) is 18.0 Å². The van der Waals surface area contributed by atoms with Crippen LogP contribution in [0.1, 0.15) is 79.5 Å². The molecule has 0 saturated carbocycles. The van der Waals surface area contributed by atoms with Crippen molar-refractivity contribution in [3.05, 3.63) is 35.9 Å². The minimum atomic E-state index is -3.93. The summed E-state index contributed by atoms with van der Waals surface area (Å²) in [5, 5.41) is 0. The van der Waals surface area contributed by atoms with E-state index in [2.05, 4.69) is 40.4 Å². The molecular formula is C23H41O5PSi. The molecular weight excluding hydrogens is 415 g/mol. The fourth-order valence-corrected chi connectivity index (χ4v) is 5.81. The summed E-state index contributed by atoms with van der Waals surface area (Å²) in [6, 6.07) is 5.64. The zero-order valence-electron chi connectivity index (χ0n) is 20.7. The molecule has 30 heavy (non-hydrogen) atoms. The van der Waals surface area contributed by atoms with Crippen LogP contribution in [0.4, 0.5) is 0 Å². The van der Waals surface area contributed by atoms with Crippen molar-refractivity contribution in [1.29, 1.82) is 0 Å². The largest absolute Gasteiger partial charge is 0.531 e. The molecule has 1 aromatic rings. The lowest BCUT2D eigenvalue weighted by molar-refractivity contribution is 0.0213. The molecule has 1 rings (SSSR count). The summed E-state index contributed by atoms with van der Waals surface area (Å²) in [7, 11) is -5.31. The van der Waals surface area contributed by atoms with E-state index in [0.29, 0.717) is 5.75 Å². The first-order valence-corrected chi connectivity index (χ1v) is 14.7. The Morgan fingerprint density at radius 1 is 0.967 bits per heavy atom. The lowest BCUT2D eigenvalue weighted by Gasteiger charge is -2.35. The van der Waals surface area contributed by atoms with E-state index in [1.54, 1.807) is 12.1 Å². The van der Waals surface area contributed by atoms with Gasteiger partial charge < -0.3 is 8.95 Å². The molecule has 0 bridgehead atoms. The number of hydrogen-bond donors (Lipinski definition) is 0. The van der Waals surface area contributed by atoms with Crippen LogP contribution in [0, 0.1) is 5.41 Å². The normalized spacial score (nSPS) is 14.7. The predicted molar refractivity (Wildman–Crippen MR) is 129 cm³/mol. The van der Waals surface area contributed by atoms with Gasteiger partial charge in [-0.15, -0.1) is 0 Å². The summed E-state index contributed by atoms with van der Waals surface area (Å²) in [4.78, 5) is 0. The Balaban J connectivity index is 3.58. The van der Waals surface area contributed by atoms with Crippen LogP contribution >= 0.6 is 7.82 Å². The molecule has 0 spiro atoms. The predicted octanol–water partition coefficient (Wildman–Crippen LogP) is 7.53. The van der Waals surface area contributed by atoms with Crippen molar-refractivity contribution in [1.82, 2.24) is 0 Å². The fraction of sp³-hybridized carbons (Fsp3) is 0.652. The van der Waals surface area contributed by atoms with E-state index in [9.17, 15) is 4.57 Å². The molecule has 0 radical (unpaired) electrons. The van der Waals surface area contributed by atoms with Gasteiger partial charge in [0.15, 0.2) is 9.04 Å². The summed E-state index contributed by atoms with van der Waals surface area (Å²) in [5.74, 6) is 0.437. The second kappa shape index (κ2) is 9.70. The van der Waals surface area contributed by atoms with E-state index in [1.165, 1.54) is 0 Å². The quantitative estimate of drug-likeness (QED) is 0.299. The zero-order chi connectivity index (χ0) is 23.5. The molecule has 5 nitrogen and oxygen atoms in total. The van der Waals surface area contributed by atoms with E-state index >= 15 is 0 Å². The van der Waals surface area contributed by atoms with Crippen molar-refractivity contribution in [2.75, 3.05) is 0 Å². The van der Waals surface area contributed by atoms with Gasteiger partial charge in [0.2, 0.25) is 0 Å². The molecule has 0 aliphatic carbocycles. The highest BCUT2D eigenvalue weighted by atomic mass is 31.2. The smallest absolute Gasteiger partial charge is 0.413 e. The zero-order valence-corrected chi connectivity index (χ0v) is 22.7. The number of phosphoric ester groups is 1. The SMILES string of the molecule is C=Cc1ccc(OP(=O)(OC(C)(C)C)OC(C)(C)C)c(C(O[SiH](C)C)C(C)(C)C)c1. The first-order valence-electron chi connectivity index (χ1n) is 10.5. The molecule has 1 aromatic carbocycles. The molecule has 0 saturated heterocycles. The minimum absolute atomic E-state index is 0.199. The molecule has 0 aliphatic rings. The Morgan fingerprint density at radius 3 is 1.83 bits per heavy atom. The summed E-state index contributed by atoms with van der Waals surface area (Å²) < 4.78 is 37.8. The lowest BCUT2D eigenvalue weighted by Crippen LogP contribution is -2.28. The van der Waals surface area contributed by atoms with Crippen molar-refractivity contribution < 1.29 is 22.6 Å². The van der Waals surface area contributed by atoms with Crippen LogP contribution in [0.15, 0.2) is 24.8 Å². The van der Waals surface area contributed by atoms with Gasteiger partial charge in [-0.3, -0.25) is 9.05 Å². The Kier molecular flexibility index (Phi) is 8.77. The highest BCUT2D eigenvalue weighted by Gasteiger charge is 2.40. The summed E-state index contributed by atoms with van der Waals surface area (Å²) in [6.07, 6.45) is 1.54. The average Bonchev–Trinajstić information content (AvgIpc) is 2.47. The van der Waals surface area contributed by atoms with Crippen molar-refractivity contribution in [2.45, 2.75) is 92.7 Å². The molecule has 0 aromatic heterocycles. The molecule has 0 heterocycles. The monoisotopic (exact) mass is 456 g/mol. The van der Waals surface area contributed by atoms with Crippen molar-refractivity contribution in [3.8, 4) is 5.75 Å². The van der Waals surface area contributed by atoms with Crippen molar-refractivity contribution in [2.24, 2.45) is 5.41 Å². The van der Waals surface area contributed by atoms with Gasteiger partial charge in [0.25, 0.3) is 0 Å². The van der Waals surface area contributed by atoms with Gasteiger partial charge in [0.1, 0.15) is 5.75 Å². The van der Waals surface area contributed by atoms with Crippen molar-refractivity contribution >= 4 is 22.9 Å². The Labute approximate surface area is 185 Å². The Morgan fingerprint density at radius 2 is 1.47 bits per heavy atom. The number of hydrogen-bond acceptors (Lipinski definition) is 5. The van der Waals surface area contributed by atoms with Crippen LogP contribution in [0.25, 0.3) is 6.08 Å². The topological polar surface area (TPSA) is 54.0 Å². The maximum atomic E-state index is 13.7. The standard InChI is InChI=1S/C23H41O5PSi/c1-13-17-14-15-19(18(16-17)20(21(2,3)4)26-30(11)12)25-29(24,27-22(5,6)7)28-23(8,9)10/h13-16,20,30H,1H2,2-12H3. The first kappa shape index (κ1) is 27.1. The third-order valence-corrected chi connectivity index (χ3v) is 6.51. The van der Waals surface area contributed by atoms with Crippen molar-refractivity contribution in [3.63, 3.8) is 0 Å². The highest BCUT2D eigenvalue weighted by molar-refractivity contribution is 7.49. The van der Waals surface area contributed by atoms with Gasteiger partial charge in [-0.05, 0) is 77.7 Å². The van der Waals surface area contributed by atoms with Gasteiger partial charge in [0.05, 0.1) is 17.3 Å². The van der Waals surface area contributed by atoms with Crippen LogP contribution in [0.5, 0.6) is 5.75 Å². The Bertz CT molecular complexity index is 749. The molecule has 172 valence electrons. The van der Waals surface area contributed by atoms with Gasteiger partial charge in [-0.25, -0.2) is 4.57 Å². The number of rotatable bonds is 8. The summed E-state index contributed by atoms with van der Waals surface area (Å²) in [6.45, 7) is 25.4. The molecule has 1 unspecified atom stereocenters. The van der Waals surface area contributed by atoms with Crippen LogP contribution in [-0.2, 0) is 18.0 Å². The molecule has 0 N–H and O–H groups in total. The van der Waals surface area contributed by atoms with E-state index < -0.39 is 28.1 Å². The number of phosphoric acid groups is 1. The average molecular weight is 457 g/mol. The maximum absolute atomic E-state index is 13.7. The molecule has 0 fully saturated rings. The second-order valence-electron chi connectivity index (χ2n) is 10.9. The Hall–Kier alpha value is -0.913. The van der Waals surface area contributed by atoms with Gasteiger partial charge in [0, 0.05) is 5.56 Å². The molecule has 7 heteroatoms. The van der Waals surface area contributed by atoms with Crippen LogP contribution in [0.2, 0.25) is 13.1 Å². The van der Waals surface area contributed by atoms with E-state index in [1.807, 2.05) is 53.7 Å². The van der Waals surface area contributed by atoms with Crippen LogP contribution in [0.3, 0.4) is 0 Å². The number of benzene rings is 1. The van der Waals surface area contributed by atoms with Gasteiger partial charge >= 0.3 is 7.82 Å². The van der Waals surface area contributed by atoms with Gasteiger partial charge in [-0.1, -0.05) is 39.5 Å². The summed E-state index contributed by atoms with van der Waals surface area (Å²) in [5.41, 5.74) is 0.120. The fourth-order valence-electron chi connectivity index (χ4n) is 2.85. The summed E-state index contributed by atoms with van der Waals surface area (Å²) >= 11 is 0. The lowest BCUT2D eigenvalue weighted by atomic mass is 9.84. The van der Waals surface area contributed by atoms with E-state index in [-0.39, 0.29) is 11.5 Å². The second-order valence-corrected chi connectivity index (χ2v) is 14.7. The minimum Gasteiger partial charge on any atom is -0.413 e. The maximum Gasteiger partial charge on any atom is 0.531 e. The molecule has 1 atom stereocenters. The first-order chi connectivity index (χ1) is 13.4. The highest BCUT2D eigenvalue weighted by Crippen LogP contribution is 2.56. The van der Waals surface area contributed by atoms with Gasteiger partial charge in [-0.2, -0.15) is 0 Å². The third kappa shape index (κ3) is 9.07. The van der Waals surface area contributed by atoms with E-state index in [0.717, 1.165) is 11.1 Å². The molecule has 0 aliphatic heterocycles. The van der Waals surface area contributed by atoms with Crippen LogP contribution in [-0.4, -0.2) is 20.2 Å². The van der Waals surface area contributed by atoms with Crippen LogP contribution < -0.4 is 4.52 Å². The molecule has 0 amide bonds. The third-order valence-electron chi connectivity index (χ3n) is 3.73.